The number of hydrogen-bond acceptors (Lipinski definition) is 2. The van der Waals surface area contributed by atoms with Crippen LogP contribution in [0.3, 0.4) is 0 Å². The number of nitrogens with one attached hydrogen (secondary N) is 1. The average Bonchev–Trinajstić information content (AvgIpc) is 2.81. The monoisotopic (exact) mass is 243 g/mol. The van der Waals surface area contributed by atoms with E-state index in [1.807, 2.05) is 12.1 Å². The Hall–Kier alpha value is -1.54. The summed E-state index contributed by atoms with van der Waals surface area (Å²) in [5.74, 6) is 0.978. The van der Waals surface area contributed by atoms with Crippen molar-refractivity contribution in [3.05, 3.63) is 59.0 Å². The van der Waals surface area contributed by atoms with Crippen LogP contribution in [0.2, 0.25) is 0 Å². The van der Waals surface area contributed by atoms with E-state index in [1.165, 1.54) is 16.7 Å². The molecule has 0 aliphatic heterocycles. The lowest BCUT2D eigenvalue weighted by Crippen LogP contribution is -2.22. The van der Waals surface area contributed by atoms with E-state index in [0.717, 1.165) is 5.76 Å². The Morgan fingerprint density at radius 1 is 1.06 bits per heavy atom. The van der Waals surface area contributed by atoms with Crippen LogP contribution >= 0.6 is 0 Å². The largest absolute Gasteiger partial charge is 0.468 e. The van der Waals surface area contributed by atoms with Crippen LogP contribution in [0.5, 0.6) is 0 Å². The second-order valence-electron chi connectivity index (χ2n) is 4.99. The van der Waals surface area contributed by atoms with Crippen LogP contribution in [-0.2, 0) is 0 Å². The molecule has 0 bridgehead atoms. The third-order valence-corrected chi connectivity index (χ3v) is 3.36. The van der Waals surface area contributed by atoms with Crippen molar-refractivity contribution in [1.29, 1.82) is 0 Å². The first-order valence-corrected chi connectivity index (χ1v) is 6.44. The van der Waals surface area contributed by atoms with Crippen LogP contribution in [-0.4, -0.2) is 0 Å². The quantitative estimate of drug-likeness (QED) is 0.865. The molecule has 0 aliphatic rings. The van der Waals surface area contributed by atoms with Crippen LogP contribution in [0.1, 0.15) is 48.4 Å². The SMILES string of the molecule is Cc1ccc(C(C)N[C@H](C)c2ccco2)c(C)c1. The zero-order chi connectivity index (χ0) is 13.1. The predicted molar refractivity (Wildman–Crippen MR) is 74.6 cm³/mol. The summed E-state index contributed by atoms with van der Waals surface area (Å²) in [6.45, 7) is 8.61. The zero-order valence-electron chi connectivity index (χ0n) is 11.5. The zero-order valence-corrected chi connectivity index (χ0v) is 11.5. The van der Waals surface area contributed by atoms with E-state index < -0.39 is 0 Å². The highest BCUT2D eigenvalue weighted by atomic mass is 16.3. The summed E-state index contributed by atoms with van der Waals surface area (Å²) < 4.78 is 5.42. The molecule has 18 heavy (non-hydrogen) atoms. The Balaban J connectivity index is 2.10. The molecule has 1 N–H and O–H groups in total. The Morgan fingerprint density at radius 3 is 2.44 bits per heavy atom. The van der Waals surface area contributed by atoms with Gasteiger partial charge in [-0.15, -0.1) is 0 Å². The van der Waals surface area contributed by atoms with Crippen LogP contribution in [0.4, 0.5) is 0 Å². The van der Waals surface area contributed by atoms with E-state index in [-0.39, 0.29) is 6.04 Å². The summed E-state index contributed by atoms with van der Waals surface area (Å²) in [5, 5.41) is 3.57. The van der Waals surface area contributed by atoms with Crippen molar-refractivity contribution in [1.82, 2.24) is 5.32 Å². The molecule has 0 spiro atoms. The summed E-state index contributed by atoms with van der Waals surface area (Å²) in [6.07, 6.45) is 1.72. The minimum Gasteiger partial charge on any atom is -0.468 e. The van der Waals surface area contributed by atoms with Gasteiger partial charge in [0.15, 0.2) is 0 Å². The Bertz CT molecular complexity index is 502. The lowest BCUT2D eigenvalue weighted by atomic mass is 9.99. The van der Waals surface area contributed by atoms with Gasteiger partial charge in [0.05, 0.1) is 12.3 Å². The molecule has 96 valence electrons. The van der Waals surface area contributed by atoms with Crippen LogP contribution in [0, 0.1) is 13.8 Å². The van der Waals surface area contributed by atoms with Crippen LogP contribution < -0.4 is 5.32 Å². The second kappa shape index (κ2) is 5.40. The van der Waals surface area contributed by atoms with Crippen molar-refractivity contribution in [3.8, 4) is 0 Å². The van der Waals surface area contributed by atoms with Crippen molar-refractivity contribution in [2.24, 2.45) is 0 Å². The number of aryl methyl sites for hydroxylation is 2. The molecule has 1 heterocycles. The number of hydrogen-bond donors (Lipinski definition) is 1. The van der Waals surface area contributed by atoms with Gasteiger partial charge in [-0.2, -0.15) is 0 Å². The summed E-state index contributed by atoms with van der Waals surface area (Å²) in [4.78, 5) is 0. The molecule has 0 saturated carbocycles. The highest BCUT2D eigenvalue weighted by molar-refractivity contribution is 5.32. The van der Waals surface area contributed by atoms with Crippen LogP contribution in [0.25, 0.3) is 0 Å². The van der Waals surface area contributed by atoms with Gasteiger partial charge in [-0.05, 0) is 51.0 Å². The fourth-order valence-electron chi connectivity index (χ4n) is 2.40. The molecule has 0 fully saturated rings. The average molecular weight is 243 g/mol. The van der Waals surface area contributed by atoms with Crippen LogP contribution in [0.15, 0.2) is 41.0 Å². The van der Waals surface area contributed by atoms with Gasteiger partial charge >= 0.3 is 0 Å². The molecule has 2 rings (SSSR count). The normalized spacial score (nSPS) is 14.4. The number of rotatable bonds is 4. The number of furan rings is 1. The molecular weight excluding hydrogens is 222 g/mol. The van der Waals surface area contributed by atoms with Gasteiger partial charge in [-0.3, -0.25) is 0 Å². The lowest BCUT2D eigenvalue weighted by molar-refractivity contribution is 0.402. The predicted octanol–water partition coefficient (Wildman–Crippen LogP) is 4.31. The maximum absolute atomic E-state index is 5.42. The molecule has 2 aromatic rings. The maximum Gasteiger partial charge on any atom is 0.120 e. The fourth-order valence-corrected chi connectivity index (χ4v) is 2.40. The second-order valence-corrected chi connectivity index (χ2v) is 4.99. The first-order valence-electron chi connectivity index (χ1n) is 6.44. The highest BCUT2D eigenvalue weighted by Gasteiger charge is 2.14. The van der Waals surface area contributed by atoms with Gasteiger partial charge in [-0.1, -0.05) is 23.8 Å². The third kappa shape index (κ3) is 2.82. The molecule has 2 heteroatoms. The van der Waals surface area contributed by atoms with E-state index >= 15 is 0 Å². The van der Waals surface area contributed by atoms with E-state index in [9.17, 15) is 0 Å². The van der Waals surface area contributed by atoms with Crippen molar-refractivity contribution in [2.75, 3.05) is 0 Å². The van der Waals surface area contributed by atoms with Crippen molar-refractivity contribution >= 4 is 0 Å². The molecular formula is C16H21NO. The van der Waals surface area contributed by atoms with E-state index in [4.69, 9.17) is 4.42 Å². The molecule has 0 saturated heterocycles. The minimum atomic E-state index is 0.218. The summed E-state index contributed by atoms with van der Waals surface area (Å²) >= 11 is 0. The fraction of sp³-hybridized carbons (Fsp3) is 0.375. The van der Waals surface area contributed by atoms with Crippen molar-refractivity contribution < 1.29 is 4.42 Å². The Morgan fingerprint density at radius 2 is 1.83 bits per heavy atom. The van der Waals surface area contributed by atoms with Crippen molar-refractivity contribution in [3.63, 3.8) is 0 Å². The van der Waals surface area contributed by atoms with Gasteiger partial charge in [0.25, 0.3) is 0 Å². The molecule has 2 nitrogen and oxygen atoms in total. The van der Waals surface area contributed by atoms with E-state index in [1.54, 1.807) is 6.26 Å². The summed E-state index contributed by atoms with van der Waals surface area (Å²) in [6, 6.07) is 11.1. The first-order chi connectivity index (χ1) is 8.58. The topological polar surface area (TPSA) is 25.2 Å². The van der Waals surface area contributed by atoms with Gasteiger partial charge in [0.1, 0.15) is 5.76 Å². The van der Waals surface area contributed by atoms with Gasteiger partial charge in [0, 0.05) is 6.04 Å². The lowest BCUT2D eigenvalue weighted by Gasteiger charge is -2.20. The first kappa shape index (κ1) is 12.9. The maximum atomic E-state index is 5.42. The van der Waals surface area contributed by atoms with Gasteiger partial charge in [0.2, 0.25) is 0 Å². The van der Waals surface area contributed by atoms with E-state index in [2.05, 4.69) is 51.2 Å². The summed E-state index contributed by atoms with van der Waals surface area (Å²) in [5.41, 5.74) is 3.99. The van der Waals surface area contributed by atoms with Gasteiger partial charge in [-0.25, -0.2) is 0 Å². The van der Waals surface area contributed by atoms with Crippen molar-refractivity contribution in [2.45, 2.75) is 39.8 Å². The van der Waals surface area contributed by atoms with Gasteiger partial charge < -0.3 is 9.73 Å². The Kier molecular flexibility index (Phi) is 3.87. The van der Waals surface area contributed by atoms with E-state index in [0.29, 0.717) is 6.04 Å². The molecule has 2 atom stereocenters. The Labute approximate surface area is 109 Å². The molecule has 0 amide bonds. The highest BCUT2D eigenvalue weighted by Crippen LogP contribution is 2.22. The molecule has 1 aromatic carbocycles. The number of benzene rings is 1. The summed E-state index contributed by atoms with van der Waals surface area (Å²) in [7, 11) is 0. The smallest absolute Gasteiger partial charge is 0.120 e. The third-order valence-electron chi connectivity index (χ3n) is 3.36. The standard InChI is InChI=1S/C16H21NO/c1-11-7-8-15(12(2)10-11)13(3)17-14(4)16-6-5-9-18-16/h5-10,13-14,17H,1-4H3/t13?,14-/m1/s1. The minimum absolute atomic E-state index is 0.218. The molecule has 1 aromatic heterocycles. The molecule has 0 aliphatic carbocycles. The molecule has 0 radical (unpaired) electrons. The molecule has 1 unspecified atom stereocenters.